The molecule has 10 aromatic carbocycles. The Morgan fingerprint density at radius 3 is 0.957 bits per heavy atom. The van der Waals surface area contributed by atoms with E-state index >= 15 is 0 Å². The quantitative estimate of drug-likeness (QED) is 0.144. The zero-order valence-electron chi connectivity index (χ0n) is 40.3. The first-order valence-corrected chi connectivity index (χ1v) is 24.2. The molecule has 0 atom stereocenters. The van der Waals surface area contributed by atoms with Crippen LogP contribution < -0.4 is 9.80 Å². The van der Waals surface area contributed by atoms with Crippen molar-refractivity contribution >= 4 is 78.0 Å². The summed E-state index contributed by atoms with van der Waals surface area (Å²) in [7, 11) is 0. The fourth-order valence-electron chi connectivity index (χ4n) is 11.0. The van der Waals surface area contributed by atoms with Gasteiger partial charge in [0.05, 0.1) is 11.4 Å². The van der Waals surface area contributed by atoms with Crippen LogP contribution in [0.1, 0.15) is 33.4 Å². The fraction of sp³-hybridized carbons (Fsp3) is 0.0909. The van der Waals surface area contributed by atoms with Crippen molar-refractivity contribution in [1.29, 1.82) is 0 Å². The molecule has 0 fully saturated rings. The minimum Gasteiger partial charge on any atom is -0.453 e. The Labute approximate surface area is 409 Å². The number of rotatable bonds is 9. The number of nitrogens with zero attached hydrogens (tertiary/aromatic N) is 2. The summed E-state index contributed by atoms with van der Waals surface area (Å²) in [5.74, 6) is 0. The van der Waals surface area contributed by atoms with E-state index in [0.717, 1.165) is 100 Å². The van der Waals surface area contributed by atoms with Crippen LogP contribution in [0.2, 0.25) is 0 Å². The van der Waals surface area contributed by atoms with Crippen molar-refractivity contribution in [2.45, 2.75) is 41.5 Å². The Morgan fingerprint density at radius 1 is 0.271 bits per heavy atom. The Kier molecular flexibility index (Phi) is 10.5. The number of benzene rings is 10. The smallest absolute Gasteiger partial charge is 0.159 e. The van der Waals surface area contributed by atoms with E-state index in [0.29, 0.717) is 0 Å². The van der Waals surface area contributed by atoms with Crippen LogP contribution in [0.15, 0.2) is 215 Å². The molecule has 0 saturated carbocycles. The van der Waals surface area contributed by atoms with Crippen molar-refractivity contribution < 1.29 is 8.83 Å². The highest BCUT2D eigenvalue weighted by Gasteiger charge is 2.26. The molecule has 0 aliphatic rings. The highest BCUT2D eigenvalue weighted by molar-refractivity contribution is 6.15. The monoisotopic (exact) mass is 904 g/mol. The third-order valence-electron chi connectivity index (χ3n) is 14.2. The van der Waals surface area contributed by atoms with Gasteiger partial charge in [0.1, 0.15) is 11.2 Å². The van der Waals surface area contributed by atoms with Crippen molar-refractivity contribution in [2.75, 3.05) is 9.80 Å². The van der Waals surface area contributed by atoms with E-state index in [2.05, 4.69) is 258 Å². The first-order chi connectivity index (χ1) is 34.2. The highest BCUT2D eigenvalue weighted by Crippen LogP contribution is 2.49. The van der Waals surface area contributed by atoms with Gasteiger partial charge in [-0.2, -0.15) is 0 Å². The van der Waals surface area contributed by atoms with Crippen LogP contribution in [-0.4, -0.2) is 0 Å². The lowest BCUT2D eigenvalue weighted by molar-refractivity contribution is 0.670. The topological polar surface area (TPSA) is 32.8 Å². The second kappa shape index (κ2) is 17.2. The van der Waals surface area contributed by atoms with E-state index in [1.807, 2.05) is 0 Å². The number of anilines is 6. The van der Waals surface area contributed by atoms with Crippen molar-refractivity contribution in [3.63, 3.8) is 0 Å². The summed E-state index contributed by atoms with van der Waals surface area (Å²) in [6, 6.07) is 73.7. The highest BCUT2D eigenvalue weighted by atomic mass is 16.3. The predicted molar refractivity (Wildman–Crippen MR) is 295 cm³/mol. The molecule has 2 heterocycles. The van der Waals surface area contributed by atoms with Gasteiger partial charge >= 0.3 is 0 Å². The van der Waals surface area contributed by atoms with Gasteiger partial charge in [0.25, 0.3) is 0 Å². The van der Waals surface area contributed by atoms with Gasteiger partial charge in [0, 0.05) is 55.4 Å². The summed E-state index contributed by atoms with van der Waals surface area (Å²) in [6.07, 6.45) is 0. The van der Waals surface area contributed by atoms with Gasteiger partial charge in [0.2, 0.25) is 0 Å². The minimum absolute atomic E-state index is 0.860. The molecule has 2 aromatic heterocycles. The van der Waals surface area contributed by atoms with E-state index < -0.39 is 0 Å². The third kappa shape index (κ3) is 7.06. The maximum absolute atomic E-state index is 7.03. The van der Waals surface area contributed by atoms with Crippen LogP contribution in [0.5, 0.6) is 0 Å². The van der Waals surface area contributed by atoms with Gasteiger partial charge < -0.3 is 18.6 Å². The van der Waals surface area contributed by atoms with Gasteiger partial charge in [-0.3, -0.25) is 0 Å². The summed E-state index contributed by atoms with van der Waals surface area (Å²) in [5, 5.41) is 4.39. The van der Waals surface area contributed by atoms with E-state index in [4.69, 9.17) is 8.83 Å². The Morgan fingerprint density at radius 2 is 0.586 bits per heavy atom. The molecular weight excluding hydrogens is 853 g/mol. The third-order valence-corrected chi connectivity index (χ3v) is 14.2. The lowest BCUT2D eigenvalue weighted by Crippen LogP contribution is -2.13. The van der Waals surface area contributed by atoms with E-state index in [1.54, 1.807) is 0 Å². The van der Waals surface area contributed by atoms with Crippen LogP contribution in [0.25, 0.3) is 77.3 Å². The fourth-order valence-corrected chi connectivity index (χ4v) is 11.0. The van der Waals surface area contributed by atoms with Gasteiger partial charge in [-0.05, 0) is 146 Å². The largest absolute Gasteiger partial charge is 0.453 e. The van der Waals surface area contributed by atoms with E-state index in [-0.39, 0.29) is 0 Å². The normalized spacial score (nSPS) is 11.6. The Bertz CT molecular complexity index is 3670. The number of hydrogen-bond acceptors (Lipinski definition) is 4. The summed E-state index contributed by atoms with van der Waals surface area (Å²) < 4.78 is 14.1. The summed E-state index contributed by atoms with van der Waals surface area (Å²) in [5.41, 5.74) is 24.0. The maximum atomic E-state index is 7.03. The molecule has 0 unspecified atom stereocenters. The molecule has 0 bridgehead atoms. The van der Waals surface area contributed by atoms with Gasteiger partial charge in [-0.1, -0.05) is 158 Å². The SMILES string of the molecule is Cc1ccccc1N(c1cc(C)c(-c2c(C)cc(N(c3ccccc3C)c3cccc4c3oc3c(-c5ccccc5)cccc34)cc2C)c(C)c1)c1cccc2c1oc1c(-c3ccccc3)cccc12. The molecule has 4 heteroatoms. The number of fused-ring (bicyclic) bond motifs is 6. The van der Waals surface area contributed by atoms with Gasteiger partial charge in [0.15, 0.2) is 11.2 Å². The van der Waals surface area contributed by atoms with E-state index in [9.17, 15) is 0 Å². The molecule has 0 saturated heterocycles. The molecule has 0 spiro atoms. The summed E-state index contributed by atoms with van der Waals surface area (Å²) in [6.45, 7) is 13.4. The van der Waals surface area contributed by atoms with Crippen LogP contribution in [-0.2, 0) is 0 Å². The Balaban J connectivity index is 0.996. The second-order valence-corrected chi connectivity index (χ2v) is 18.8. The molecular formula is C66H52N2O2. The first-order valence-electron chi connectivity index (χ1n) is 24.2. The van der Waals surface area contributed by atoms with Crippen molar-refractivity contribution in [1.82, 2.24) is 0 Å². The standard InChI is InChI=1S/C66H52N2O2/c1-41-21-13-15-33-57(41)67(59-35-19-31-55-53-29-17-27-51(63(53)69-65(55)59)47-23-9-7-10-24-47)49-37-43(3)61(44(4)38-49)62-45(5)39-50(40-46(62)6)68(58-34-16-14-22-42(58)2)60-36-20-32-56-54-30-18-28-52(64(54)70-66(56)60)48-25-11-8-12-26-48/h7-40H,1-6H3. The van der Waals surface area contributed by atoms with Crippen molar-refractivity contribution in [3.8, 4) is 33.4 Å². The zero-order valence-corrected chi connectivity index (χ0v) is 40.3. The number of para-hydroxylation sites is 6. The zero-order chi connectivity index (χ0) is 47.6. The van der Waals surface area contributed by atoms with Gasteiger partial charge in [-0.25, -0.2) is 0 Å². The van der Waals surface area contributed by atoms with Gasteiger partial charge in [-0.15, -0.1) is 0 Å². The molecule has 12 rings (SSSR count). The van der Waals surface area contributed by atoms with Crippen LogP contribution >= 0.6 is 0 Å². The molecule has 0 radical (unpaired) electrons. The predicted octanol–water partition coefficient (Wildman–Crippen LogP) is 19.3. The van der Waals surface area contributed by atoms with Crippen LogP contribution in [0.3, 0.4) is 0 Å². The van der Waals surface area contributed by atoms with Crippen molar-refractivity contribution in [3.05, 3.63) is 240 Å². The molecule has 0 aliphatic heterocycles. The number of aryl methyl sites for hydroxylation is 6. The average Bonchev–Trinajstić information content (AvgIpc) is 3.96. The molecule has 0 N–H and O–H groups in total. The van der Waals surface area contributed by atoms with Crippen LogP contribution in [0, 0.1) is 41.5 Å². The molecule has 0 aliphatic carbocycles. The molecule has 70 heavy (non-hydrogen) atoms. The van der Waals surface area contributed by atoms with E-state index in [1.165, 1.54) is 44.5 Å². The summed E-state index contributed by atoms with van der Waals surface area (Å²) >= 11 is 0. The second-order valence-electron chi connectivity index (χ2n) is 18.8. The Hall–Kier alpha value is -8.60. The minimum atomic E-state index is 0.860. The number of hydrogen-bond donors (Lipinski definition) is 0. The number of furan rings is 2. The molecule has 4 nitrogen and oxygen atoms in total. The molecule has 338 valence electrons. The molecule has 12 aromatic rings. The first kappa shape index (κ1) is 42.7. The average molecular weight is 905 g/mol. The lowest BCUT2D eigenvalue weighted by atomic mass is 9.88. The molecule has 0 amide bonds. The van der Waals surface area contributed by atoms with Crippen LogP contribution in [0.4, 0.5) is 34.1 Å². The maximum Gasteiger partial charge on any atom is 0.159 e. The lowest BCUT2D eigenvalue weighted by Gasteiger charge is -2.30. The van der Waals surface area contributed by atoms with Crippen molar-refractivity contribution in [2.24, 2.45) is 0 Å². The summed E-state index contributed by atoms with van der Waals surface area (Å²) in [4.78, 5) is 4.77.